The summed E-state index contributed by atoms with van der Waals surface area (Å²) in [5.41, 5.74) is 4.95. The first kappa shape index (κ1) is 13.1. The van der Waals surface area contributed by atoms with Crippen LogP contribution in [0.2, 0.25) is 0 Å². The van der Waals surface area contributed by atoms with E-state index < -0.39 is 16.4 Å². The van der Waals surface area contributed by atoms with Crippen molar-refractivity contribution in [3.05, 3.63) is 44.9 Å². The van der Waals surface area contributed by atoms with Crippen molar-refractivity contribution in [3.63, 3.8) is 0 Å². The van der Waals surface area contributed by atoms with Gasteiger partial charge in [-0.15, -0.1) is 0 Å². The first-order valence-corrected chi connectivity index (χ1v) is 5.75. The zero-order valence-corrected chi connectivity index (χ0v) is 10.9. The Labute approximate surface area is 115 Å². The van der Waals surface area contributed by atoms with E-state index in [-0.39, 0.29) is 17.3 Å². The normalized spacial score (nSPS) is 10.2. The van der Waals surface area contributed by atoms with E-state index in [1.165, 1.54) is 18.2 Å². The summed E-state index contributed by atoms with van der Waals surface area (Å²) < 4.78 is 14.2. The second kappa shape index (κ2) is 5.14. The summed E-state index contributed by atoms with van der Waals surface area (Å²) in [4.78, 5) is 17.4. The summed E-state index contributed by atoms with van der Waals surface area (Å²) in [5, 5.41) is 13.4. The molecule has 0 aliphatic carbocycles. The lowest BCUT2D eigenvalue weighted by Gasteiger charge is -2.08. The van der Waals surface area contributed by atoms with E-state index in [0.717, 1.165) is 6.33 Å². The largest absolute Gasteiger partial charge is 0.378 e. The number of nitrogens with zero attached hydrogens (tertiary/aromatic N) is 3. The highest BCUT2D eigenvalue weighted by molar-refractivity contribution is 9.10. The maximum atomic E-state index is 13.6. The summed E-state index contributed by atoms with van der Waals surface area (Å²) in [6, 6.07) is 4.14. The highest BCUT2D eigenvalue weighted by atomic mass is 79.9. The predicted octanol–water partition coefficient (Wildman–Crippen LogP) is 2.61. The molecule has 3 N–H and O–H groups in total. The van der Waals surface area contributed by atoms with Gasteiger partial charge in [0.25, 0.3) is 0 Å². The molecular weight excluding hydrogens is 321 g/mol. The lowest BCUT2D eigenvalue weighted by Crippen LogP contribution is -2.05. The van der Waals surface area contributed by atoms with E-state index in [1.54, 1.807) is 0 Å². The Morgan fingerprint density at radius 1 is 1.42 bits per heavy atom. The third kappa shape index (κ3) is 2.76. The van der Waals surface area contributed by atoms with Gasteiger partial charge in [-0.3, -0.25) is 10.1 Å². The summed E-state index contributed by atoms with van der Waals surface area (Å²) in [6.07, 6.45) is 1.06. The Hall–Kier alpha value is -2.29. The molecule has 1 aromatic heterocycles. The van der Waals surface area contributed by atoms with Crippen molar-refractivity contribution in [2.45, 2.75) is 0 Å². The number of halogens is 2. The Kier molecular flexibility index (Phi) is 3.56. The van der Waals surface area contributed by atoms with Crippen LogP contribution in [-0.4, -0.2) is 14.9 Å². The highest BCUT2D eigenvalue weighted by Crippen LogP contribution is 2.30. The molecule has 7 nitrogen and oxygen atoms in total. The molecule has 0 amide bonds. The fraction of sp³-hybridized carbons (Fsp3) is 0. The monoisotopic (exact) mass is 327 g/mol. The molecule has 9 heteroatoms. The quantitative estimate of drug-likeness (QED) is 0.662. The van der Waals surface area contributed by atoms with Gasteiger partial charge in [0, 0.05) is 4.47 Å². The number of nitrogens with one attached hydrogen (secondary N) is 1. The van der Waals surface area contributed by atoms with Crippen molar-refractivity contribution >= 4 is 38.9 Å². The Balaban J connectivity index is 2.46. The smallest absolute Gasteiger partial charge is 0.353 e. The number of anilines is 3. The minimum atomic E-state index is -0.729. The lowest BCUT2D eigenvalue weighted by atomic mass is 10.3. The molecule has 2 aromatic rings. The topological polar surface area (TPSA) is 107 Å². The van der Waals surface area contributed by atoms with Crippen LogP contribution in [0.15, 0.2) is 29.0 Å². The van der Waals surface area contributed by atoms with Crippen LogP contribution in [-0.2, 0) is 0 Å². The molecule has 0 aliphatic heterocycles. The molecule has 0 radical (unpaired) electrons. The van der Waals surface area contributed by atoms with Gasteiger partial charge in [-0.05, 0) is 18.2 Å². The molecule has 1 aromatic carbocycles. The average molecular weight is 328 g/mol. The summed E-state index contributed by atoms with van der Waals surface area (Å²) in [6.45, 7) is 0. The van der Waals surface area contributed by atoms with E-state index in [4.69, 9.17) is 5.73 Å². The van der Waals surface area contributed by atoms with Gasteiger partial charge >= 0.3 is 5.69 Å². The van der Waals surface area contributed by atoms with Crippen molar-refractivity contribution in [1.82, 2.24) is 9.97 Å². The van der Waals surface area contributed by atoms with Gasteiger partial charge in [0.15, 0.2) is 0 Å². The fourth-order valence-corrected chi connectivity index (χ4v) is 1.75. The maximum absolute atomic E-state index is 13.6. The lowest BCUT2D eigenvalue weighted by molar-refractivity contribution is -0.383. The van der Waals surface area contributed by atoms with Crippen molar-refractivity contribution < 1.29 is 9.31 Å². The summed E-state index contributed by atoms with van der Waals surface area (Å²) in [5.74, 6) is -1.04. The zero-order chi connectivity index (χ0) is 14.0. The molecule has 19 heavy (non-hydrogen) atoms. The van der Waals surface area contributed by atoms with Gasteiger partial charge in [0.2, 0.25) is 11.6 Å². The molecule has 1 heterocycles. The molecule has 0 saturated carbocycles. The van der Waals surface area contributed by atoms with Crippen LogP contribution in [0.1, 0.15) is 0 Å². The van der Waals surface area contributed by atoms with Crippen LogP contribution >= 0.6 is 15.9 Å². The predicted molar refractivity (Wildman–Crippen MR) is 70.5 cm³/mol. The van der Waals surface area contributed by atoms with Gasteiger partial charge in [0.1, 0.15) is 12.1 Å². The van der Waals surface area contributed by atoms with E-state index in [9.17, 15) is 14.5 Å². The second-order valence-corrected chi connectivity index (χ2v) is 4.38. The van der Waals surface area contributed by atoms with Gasteiger partial charge in [0.05, 0.1) is 10.6 Å². The first-order chi connectivity index (χ1) is 8.99. The SMILES string of the molecule is Nc1ncnc(Nc2cc(Br)ccc2F)c1[N+](=O)[O-]. The first-order valence-electron chi connectivity index (χ1n) is 4.96. The van der Waals surface area contributed by atoms with Crippen molar-refractivity contribution in [2.75, 3.05) is 11.1 Å². The highest BCUT2D eigenvalue weighted by Gasteiger charge is 2.21. The van der Waals surface area contributed by atoms with Crippen LogP contribution in [0.3, 0.4) is 0 Å². The zero-order valence-electron chi connectivity index (χ0n) is 9.30. The van der Waals surface area contributed by atoms with Crippen LogP contribution in [0.5, 0.6) is 0 Å². The average Bonchev–Trinajstić information content (AvgIpc) is 2.33. The van der Waals surface area contributed by atoms with Crippen LogP contribution < -0.4 is 11.1 Å². The number of benzene rings is 1. The molecule has 98 valence electrons. The number of nitrogen functional groups attached to an aromatic ring is 1. The fourth-order valence-electron chi connectivity index (χ4n) is 1.38. The Morgan fingerprint density at radius 3 is 2.84 bits per heavy atom. The molecule has 0 unspecified atom stereocenters. The molecule has 0 aliphatic rings. The van der Waals surface area contributed by atoms with Crippen molar-refractivity contribution in [3.8, 4) is 0 Å². The number of nitrogens with two attached hydrogens (primary N) is 1. The van der Waals surface area contributed by atoms with Crippen molar-refractivity contribution in [1.29, 1.82) is 0 Å². The van der Waals surface area contributed by atoms with Gasteiger partial charge in [-0.1, -0.05) is 15.9 Å². The molecule has 0 atom stereocenters. The molecule has 0 spiro atoms. The van der Waals surface area contributed by atoms with E-state index in [0.29, 0.717) is 4.47 Å². The van der Waals surface area contributed by atoms with Crippen LogP contribution in [0, 0.1) is 15.9 Å². The molecule has 2 rings (SSSR count). The third-order valence-electron chi connectivity index (χ3n) is 2.21. The molecule has 0 saturated heterocycles. The second-order valence-electron chi connectivity index (χ2n) is 3.46. The van der Waals surface area contributed by atoms with Gasteiger partial charge < -0.3 is 11.1 Å². The number of hydrogen-bond donors (Lipinski definition) is 2. The number of nitro groups is 1. The molecule has 0 fully saturated rings. The number of rotatable bonds is 3. The minimum absolute atomic E-state index is 0.0376. The van der Waals surface area contributed by atoms with Crippen LogP contribution in [0.25, 0.3) is 0 Å². The number of aromatic nitrogens is 2. The standard InChI is InChI=1S/C10H7BrFN5O2/c11-5-1-2-6(12)7(3-5)16-10-8(17(18)19)9(13)14-4-15-10/h1-4H,(H3,13,14,15,16). The van der Waals surface area contributed by atoms with E-state index in [1.807, 2.05) is 0 Å². The Bertz CT molecular complexity index is 652. The number of hydrogen-bond acceptors (Lipinski definition) is 6. The molecular formula is C10H7BrFN5O2. The van der Waals surface area contributed by atoms with E-state index >= 15 is 0 Å². The molecule has 0 bridgehead atoms. The van der Waals surface area contributed by atoms with E-state index in [2.05, 4.69) is 31.2 Å². The van der Waals surface area contributed by atoms with Crippen LogP contribution in [0.4, 0.5) is 27.4 Å². The summed E-state index contributed by atoms with van der Waals surface area (Å²) in [7, 11) is 0. The van der Waals surface area contributed by atoms with Crippen molar-refractivity contribution in [2.24, 2.45) is 0 Å². The Morgan fingerprint density at radius 2 is 2.16 bits per heavy atom. The maximum Gasteiger partial charge on any atom is 0.353 e. The summed E-state index contributed by atoms with van der Waals surface area (Å²) >= 11 is 3.17. The minimum Gasteiger partial charge on any atom is -0.378 e. The van der Waals surface area contributed by atoms with Gasteiger partial charge in [-0.25, -0.2) is 14.4 Å². The van der Waals surface area contributed by atoms with Gasteiger partial charge in [-0.2, -0.15) is 0 Å². The third-order valence-corrected chi connectivity index (χ3v) is 2.71.